The highest BCUT2D eigenvalue weighted by Gasteiger charge is 2.30. The van der Waals surface area contributed by atoms with Gasteiger partial charge < -0.3 is 10.1 Å². The second-order valence-electron chi connectivity index (χ2n) is 6.08. The van der Waals surface area contributed by atoms with Crippen molar-refractivity contribution in [2.75, 3.05) is 33.4 Å². The van der Waals surface area contributed by atoms with Crippen LogP contribution in [0.15, 0.2) is 24.3 Å². The third-order valence-corrected chi connectivity index (χ3v) is 4.27. The number of nitrogens with zero attached hydrogens (tertiary/aromatic N) is 1. The topological polar surface area (TPSA) is 24.5 Å². The summed E-state index contributed by atoms with van der Waals surface area (Å²) in [6.45, 7) is 8.46. The van der Waals surface area contributed by atoms with E-state index in [2.05, 4.69) is 48.3 Å². The van der Waals surface area contributed by atoms with Gasteiger partial charge in [0.1, 0.15) is 0 Å². The Morgan fingerprint density at radius 2 is 2.10 bits per heavy atom. The number of benzene rings is 1. The van der Waals surface area contributed by atoms with Gasteiger partial charge >= 0.3 is 0 Å². The zero-order chi connectivity index (χ0) is 15.1. The molecule has 1 saturated carbocycles. The molecule has 0 saturated heterocycles. The minimum absolute atomic E-state index is 0.420. The summed E-state index contributed by atoms with van der Waals surface area (Å²) < 4.78 is 5.28. The summed E-state index contributed by atoms with van der Waals surface area (Å²) in [5, 5.41) is 3.73. The van der Waals surface area contributed by atoms with Crippen molar-refractivity contribution in [1.29, 1.82) is 0 Å². The van der Waals surface area contributed by atoms with E-state index < -0.39 is 0 Å². The van der Waals surface area contributed by atoms with Crippen LogP contribution in [0.2, 0.25) is 0 Å². The molecule has 1 unspecified atom stereocenters. The average Bonchev–Trinajstić information content (AvgIpc) is 3.32. The highest BCUT2D eigenvalue weighted by molar-refractivity contribution is 5.29. The summed E-state index contributed by atoms with van der Waals surface area (Å²) in [5.41, 5.74) is 2.82. The van der Waals surface area contributed by atoms with Crippen molar-refractivity contribution >= 4 is 0 Å². The van der Waals surface area contributed by atoms with Gasteiger partial charge in [-0.15, -0.1) is 0 Å². The van der Waals surface area contributed by atoms with E-state index in [-0.39, 0.29) is 0 Å². The van der Waals surface area contributed by atoms with Gasteiger partial charge in [0, 0.05) is 32.3 Å². The summed E-state index contributed by atoms with van der Waals surface area (Å²) in [5.74, 6) is 0. The Balaban J connectivity index is 2.05. The molecule has 1 N–H and O–H groups in total. The molecular weight excluding hydrogens is 260 g/mol. The normalized spacial score (nSPS) is 16.4. The van der Waals surface area contributed by atoms with Crippen LogP contribution >= 0.6 is 0 Å². The number of aryl methyl sites for hydroxylation is 1. The number of methoxy groups -OCH3 is 1. The number of hydrogen-bond acceptors (Lipinski definition) is 3. The van der Waals surface area contributed by atoms with Gasteiger partial charge in [0.25, 0.3) is 0 Å². The standard InChI is InChI=1S/C18H30N2O/c1-4-11-19-18(17-8-6-5-7-15(17)2)14-20(12-13-21-3)16-9-10-16/h5-8,16,18-19H,4,9-14H2,1-3H3. The fraction of sp³-hybridized carbons (Fsp3) is 0.667. The lowest BCUT2D eigenvalue weighted by atomic mass is 10.0. The van der Waals surface area contributed by atoms with Gasteiger partial charge in [0.15, 0.2) is 0 Å². The molecule has 0 radical (unpaired) electrons. The van der Waals surface area contributed by atoms with Crippen LogP contribution in [-0.4, -0.2) is 44.3 Å². The van der Waals surface area contributed by atoms with Gasteiger partial charge in [0.05, 0.1) is 6.61 Å². The monoisotopic (exact) mass is 290 g/mol. The van der Waals surface area contributed by atoms with Crippen LogP contribution in [0.5, 0.6) is 0 Å². The van der Waals surface area contributed by atoms with Crippen LogP contribution in [0.3, 0.4) is 0 Å². The van der Waals surface area contributed by atoms with E-state index in [0.29, 0.717) is 6.04 Å². The second kappa shape index (κ2) is 8.52. The molecule has 0 spiro atoms. The molecule has 1 aromatic rings. The van der Waals surface area contributed by atoms with Gasteiger partial charge in [-0.1, -0.05) is 31.2 Å². The maximum atomic E-state index is 5.28. The Labute approximate surface area is 129 Å². The zero-order valence-electron chi connectivity index (χ0n) is 13.8. The number of rotatable bonds is 10. The second-order valence-corrected chi connectivity index (χ2v) is 6.08. The average molecular weight is 290 g/mol. The van der Waals surface area contributed by atoms with E-state index in [0.717, 1.165) is 32.3 Å². The Morgan fingerprint density at radius 3 is 2.71 bits per heavy atom. The van der Waals surface area contributed by atoms with Crippen LogP contribution < -0.4 is 5.32 Å². The lowest BCUT2D eigenvalue weighted by Gasteiger charge is -2.29. The Kier molecular flexibility index (Phi) is 6.68. The number of nitrogens with one attached hydrogen (secondary N) is 1. The van der Waals surface area contributed by atoms with Crippen LogP contribution in [-0.2, 0) is 4.74 Å². The first-order valence-corrected chi connectivity index (χ1v) is 8.28. The predicted molar refractivity (Wildman–Crippen MR) is 88.7 cm³/mol. The highest BCUT2D eigenvalue weighted by atomic mass is 16.5. The lowest BCUT2D eigenvalue weighted by Crippen LogP contribution is -2.38. The molecule has 1 fully saturated rings. The molecule has 1 aliphatic rings. The predicted octanol–water partition coefficient (Wildman–Crippen LogP) is 3.15. The van der Waals surface area contributed by atoms with Crippen LogP contribution in [0.4, 0.5) is 0 Å². The van der Waals surface area contributed by atoms with E-state index in [1.54, 1.807) is 7.11 Å². The minimum Gasteiger partial charge on any atom is -0.383 e. The molecule has 1 aliphatic carbocycles. The van der Waals surface area contributed by atoms with E-state index in [4.69, 9.17) is 4.74 Å². The van der Waals surface area contributed by atoms with Crippen molar-refractivity contribution < 1.29 is 4.74 Å². The molecule has 0 aromatic heterocycles. The molecule has 3 heteroatoms. The first-order chi connectivity index (χ1) is 10.3. The zero-order valence-corrected chi connectivity index (χ0v) is 13.8. The van der Waals surface area contributed by atoms with E-state index in [9.17, 15) is 0 Å². The molecule has 0 bridgehead atoms. The van der Waals surface area contributed by atoms with Gasteiger partial charge in [-0.2, -0.15) is 0 Å². The molecular formula is C18H30N2O. The van der Waals surface area contributed by atoms with Gasteiger partial charge in [0.2, 0.25) is 0 Å². The van der Waals surface area contributed by atoms with E-state index in [1.807, 2.05) is 0 Å². The van der Waals surface area contributed by atoms with Crippen molar-refractivity contribution in [3.05, 3.63) is 35.4 Å². The molecule has 0 heterocycles. The number of ether oxygens (including phenoxy) is 1. The van der Waals surface area contributed by atoms with Crippen molar-refractivity contribution in [3.63, 3.8) is 0 Å². The van der Waals surface area contributed by atoms with Gasteiger partial charge in [-0.05, 0) is 43.9 Å². The van der Waals surface area contributed by atoms with Crippen molar-refractivity contribution in [2.45, 2.75) is 45.2 Å². The van der Waals surface area contributed by atoms with Crippen molar-refractivity contribution in [3.8, 4) is 0 Å². The van der Waals surface area contributed by atoms with Crippen molar-refractivity contribution in [1.82, 2.24) is 10.2 Å². The van der Waals surface area contributed by atoms with Crippen LogP contribution in [0, 0.1) is 6.92 Å². The molecule has 2 rings (SSSR count). The van der Waals surface area contributed by atoms with E-state index >= 15 is 0 Å². The Hall–Kier alpha value is -0.900. The molecule has 0 amide bonds. The molecule has 1 aromatic carbocycles. The van der Waals surface area contributed by atoms with Crippen LogP contribution in [0.25, 0.3) is 0 Å². The molecule has 21 heavy (non-hydrogen) atoms. The summed E-state index contributed by atoms with van der Waals surface area (Å²) in [6.07, 6.45) is 3.86. The van der Waals surface area contributed by atoms with Gasteiger partial charge in [-0.25, -0.2) is 0 Å². The quantitative estimate of drug-likeness (QED) is 0.716. The summed E-state index contributed by atoms with van der Waals surface area (Å²) >= 11 is 0. The first-order valence-electron chi connectivity index (χ1n) is 8.28. The number of hydrogen-bond donors (Lipinski definition) is 1. The fourth-order valence-electron chi connectivity index (χ4n) is 2.87. The third-order valence-electron chi connectivity index (χ3n) is 4.27. The SMILES string of the molecule is CCCNC(CN(CCOC)C1CC1)c1ccccc1C. The molecule has 3 nitrogen and oxygen atoms in total. The van der Waals surface area contributed by atoms with Crippen LogP contribution in [0.1, 0.15) is 43.4 Å². The molecule has 118 valence electrons. The van der Waals surface area contributed by atoms with E-state index in [1.165, 1.54) is 30.4 Å². The maximum Gasteiger partial charge on any atom is 0.0589 e. The Morgan fingerprint density at radius 1 is 1.33 bits per heavy atom. The lowest BCUT2D eigenvalue weighted by molar-refractivity contribution is 0.136. The van der Waals surface area contributed by atoms with Crippen molar-refractivity contribution in [2.24, 2.45) is 0 Å². The molecule has 1 atom stereocenters. The summed E-state index contributed by atoms with van der Waals surface area (Å²) in [4.78, 5) is 2.60. The smallest absolute Gasteiger partial charge is 0.0589 e. The molecule has 0 aliphatic heterocycles. The fourth-order valence-corrected chi connectivity index (χ4v) is 2.87. The summed E-state index contributed by atoms with van der Waals surface area (Å²) in [7, 11) is 1.79. The maximum absolute atomic E-state index is 5.28. The Bertz CT molecular complexity index is 417. The minimum atomic E-state index is 0.420. The largest absolute Gasteiger partial charge is 0.383 e. The third kappa shape index (κ3) is 5.10. The highest BCUT2D eigenvalue weighted by Crippen LogP contribution is 2.29. The summed E-state index contributed by atoms with van der Waals surface area (Å²) in [6, 6.07) is 9.95. The van der Waals surface area contributed by atoms with Gasteiger partial charge in [-0.3, -0.25) is 4.90 Å². The first kappa shape index (κ1) is 16.5.